The number of hydrogen-bond acceptors (Lipinski definition) is 3. The highest BCUT2D eigenvalue weighted by atomic mass is 35.5. The highest BCUT2D eigenvalue weighted by Crippen LogP contribution is 2.29. The van der Waals surface area contributed by atoms with E-state index in [0.29, 0.717) is 6.54 Å². The maximum Gasteiger partial charge on any atom is 0.192 e. The van der Waals surface area contributed by atoms with Crippen LogP contribution < -0.4 is 0 Å². The van der Waals surface area contributed by atoms with Gasteiger partial charge in [0.05, 0.1) is 0 Å². The van der Waals surface area contributed by atoms with Gasteiger partial charge in [0.1, 0.15) is 0 Å². The molecule has 3 rings (SSSR count). The smallest absolute Gasteiger partial charge is 0.192 e. The van der Waals surface area contributed by atoms with E-state index in [4.69, 9.17) is 23.2 Å². The number of benzene rings is 2. The van der Waals surface area contributed by atoms with Crippen LogP contribution in [0.5, 0.6) is 0 Å². The first kappa shape index (κ1) is 18.1. The topological polar surface area (TPSA) is 30.7 Å². The van der Waals surface area contributed by atoms with E-state index in [0.717, 1.165) is 37.9 Å². The van der Waals surface area contributed by atoms with E-state index in [-0.39, 0.29) is 0 Å². The number of aromatic nitrogens is 3. The minimum atomic E-state index is 0.636. The van der Waals surface area contributed by atoms with Gasteiger partial charge in [-0.05, 0) is 36.2 Å². The van der Waals surface area contributed by atoms with Crippen LogP contribution in [0.25, 0.3) is 11.4 Å². The van der Waals surface area contributed by atoms with Crippen molar-refractivity contribution in [3.63, 3.8) is 0 Å². The van der Waals surface area contributed by atoms with Crippen molar-refractivity contribution in [2.75, 3.05) is 0 Å². The Balaban J connectivity index is 1.87. The third kappa shape index (κ3) is 4.27. The molecule has 0 saturated carbocycles. The summed E-state index contributed by atoms with van der Waals surface area (Å²) < 4.78 is 2.05. The van der Waals surface area contributed by atoms with Crippen molar-refractivity contribution >= 4 is 35.0 Å². The Morgan fingerprint density at radius 1 is 1.12 bits per heavy atom. The molecule has 128 valence electrons. The number of thioether (sulfide) groups is 1. The Bertz CT molecular complexity index is 888. The average molecular weight is 390 g/mol. The van der Waals surface area contributed by atoms with Gasteiger partial charge in [-0.3, -0.25) is 4.57 Å². The summed E-state index contributed by atoms with van der Waals surface area (Å²) in [5.41, 5.74) is 3.17. The standard InChI is InChI=1S/C19H17Cl2N3S/c1-3-10-24-18(15-7-4-13(2)17(21)11-15)22-23-19(24)25-12-14-5-8-16(20)9-6-14/h3-9,11H,1,10,12H2,2H3. The molecule has 0 N–H and O–H groups in total. The minimum Gasteiger partial charge on any atom is -0.298 e. The van der Waals surface area contributed by atoms with Gasteiger partial charge in [0, 0.05) is 27.9 Å². The summed E-state index contributed by atoms with van der Waals surface area (Å²) in [6.45, 7) is 6.46. The molecule has 0 amide bonds. The van der Waals surface area contributed by atoms with Crippen LogP contribution in [0.15, 0.2) is 60.3 Å². The van der Waals surface area contributed by atoms with E-state index >= 15 is 0 Å². The third-order valence-electron chi connectivity index (χ3n) is 3.74. The van der Waals surface area contributed by atoms with Crippen molar-refractivity contribution in [1.82, 2.24) is 14.8 Å². The Kier molecular flexibility index (Phi) is 5.84. The highest BCUT2D eigenvalue weighted by Gasteiger charge is 2.14. The van der Waals surface area contributed by atoms with Crippen LogP contribution in [-0.2, 0) is 12.3 Å². The van der Waals surface area contributed by atoms with Crippen molar-refractivity contribution in [3.8, 4) is 11.4 Å². The molecule has 0 spiro atoms. The van der Waals surface area contributed by atoms with Gasteiger partial charge in [-0.15, -0.1) is 16.8 Å². The van der Waals surface area contributed by atoms with Gasteiger partial charge in [-0.1, -0.05) is 65.3 Å². The predicted octanol–water partition coefficient (Wildman–Crippen LogP) is 6.04. The molecule has 0 aliphatic rings. The Labute approximate surface area is 161 Å². The van der Waals surface area contributed by atoms with E-state index in [1.807, 2.05) is 55.5 Å². The van der Waals surface area contributed by atoms with Gasteiger partial charge in [-0.25, -0.2) is 0 Å². The average Bonchev–Trinajstić information content (AvgIpc) is 3.00. The lowest BCUT2D eigenvalue weighted by Gasteiger charge is -2.09. The van der Waals surface area contributed by atoms with Gasteiger partial charge >= 0.3 is 0 Å². The lowest BCUT2D eigenvalue weighted by molar-refractivity contribution is 0.731. The van der Waals surface area contributed by atoms with E-state index in [9.17, 15) is 0 Å². The number of aryl methyl sites for hydroxylation is 1. The van der Waals surface area contributed by atoms with Gasteiger partial charge in [-0.2, -0.15) is 0 Å². The Hall–Kier alpha value is -1.75. The summed E-state index contributed by atoms with van der Waals surface area (Å²) in [5.74, 6) is 1.58. The van der Waals surface area contributed by atoms with Crippen LogP contribution in [0.1, 0.15) is 11.1 Å². The first-order valence-electron chi connectivity index (χ1n) is 7.76. The molecule has 3 aromatic rings. The monoisotopic (exact) mass is 389 g/mol. The van der Waals surface area contributed by atoms with Gasteiger partial charge in [0.15, 0.2) is 11.0 Å². The molecule has 3 nitrogen and oxygen atoms in total. The van der Waals surface area contributed by atoms with E-state index in [1.165, 1.54) is 5.56 Å². The predicted molar refractivity (Wildman–Crippen MR) is 106 cm³/mol. The molecule has 2 aromatic carbocycles. The second-order valence-electron chi connectivity index (χ2n) is 5.58. The number of hydrogen-bond donors (Lipinski definition) is 0. The second kappa shape index (κ2) is 8.09. The van der Waals surface area contributed by atoms with Gasteiger partial charge in [0.2, 0.25) is 0 Å². The normalized spacial score (nSPS) is 10.8. The fourth-order valence-electron chi connectivity index (χ4n) is 2.36. The third-order valence-corrected chi connectivity index (χ3v) is 5.44. The molecule has 0 aliphatic heterocycles. The van der Waals surface area contributed by atoms with Crippen LogP contribution in [0.3, 0.4) is 0 Å². The van der Waals surface area contributed by atoms with Crippen LogP contribution in [0.4, 0.5) is 0 Å². The van der Waals surface area contributed by atoms with Crippen LogP contribution in [0, 0.1) is 6.92 Å². The molecule has 0 fully saturated rings. The van der Waals surface area contributed by atoms with Crippen molar-refractivity contribution in [2.45, 2.75) is 24.4 Å². The first-order chi connectivity index (χ1) is 12.1. The molecule has 0 aliphatic carbocycles. The summed E-state index contributed by atoms with van der Waals surface area (Å²) in [5, 5.41) is 11.0. The van der Waals surface area contributed by atoms with Crippen molar-refractivity contribution in [2.24, 2.45) is 0 Å². The van der Waals surface area contributed by atoms with Gasteiger partial charge < -0.3 is 0 Å². The maximum absolute atomic E-state index is 6.26. The summed E-state index contributed by atoms with van der Waals surface area (Å²) in [6.07, 6.45) is 1.84. The molecule has 25 heavy (non-hydrogen) atoms. The van der Waals surface area contributed by atoms with Crippen molar-refractivity contribution < 1.29 is 0 Å². The molecule has 0 unspecified atom stereocenters. The minimum absolute atomic E-state index is 0.636. The number of nitrogens with zero attached hydrogens (tertiary/aromatic N) is 3. The Morgan fingerprint density at radius 3 is 2.56 bits per heavy atom. The van der Waals surface area contributed by atoms with Crippen LogP contribution >= 0.6 is 35.0 Å². The zero-order chi connectivity index (χ0) is 17.8. The summed E-state index contributed by atoms with van der Waals surface area (Å²) in [6, 6.07) is 13.8. The highest BCUT2D eigenvalue weighted by molar-refractivity contribution is 7.98. The Morgan fingerprint density at radius 2 is 1.88 bits per heavy atom. The molecule has 0 saturated heterocycles. The van der Waals surface area contributed by atoms with Crippen molar-refractivity contribution in [1.29, 1.82) is 0 Å². The van der Waals surface area contributed by atoms with Crippen LogP contribution in [-0.4, -0.2) is 14.8 Å². The largest absolute Gasteiger partial charge is 0.298 e. The fraction of sp³-hybridized carbons (Fsp3) is 0.158. The lowest BCUT2D eigenvalue weighted by Crippen LogP contribution is -2.01. The van der Waals surface area contributed by atoms with Gasteiger partial charge in [0.25, 0.3) is 0 Å². The molecule has 1 heterocycles. The lowest BCUT2D eigenvalue weighted by atomic mass is 10.1. The molecular weight excluding hydrogens is 373 g/mol. The summed E-state index contributed by atoms with van der Waals surface area (Å²) >= 11 is 13.8. The first-order valence-corrected chi connectivity index (χ1v) is 9.50. The van der Waals surface area contributed by atoms with Crippen LogP contribution in [0.2, 0.25) is 10.0 Å². The molecule has 0 radical (unpaired) electrons. The molecule has 6 heteroatoms. The maximum atomic E-state index is 6.26. The summed E-state index contributed by atoms with van der Waals surface area (Å²) in [7, 11) is 0. The number of halogens is 2. The van der Waals surface area contributed by atoms with Crippen molar-refractivity contribution in [3.05, 3.63) is 76.3 Å². The zero-order valence-corrected chi connectivity index (χ0v) is 16.1. The summed E-state index contributed by atoms with van der Waals surface area (Å²) in [4.78, 5) is 0. The molecular formula is C19H17Cl2N3S. The van der Waals surface area contributed by atoms with E-state index < -0.39 is 0 Å². The number of allylic oxidation sites excluding steroid dienone is 1. The van der Waals surface area contributed by atoms with E-state index in [2.05, 4.69) is 21.3 Å². The second-order valence-corrected chi connectivity index (χ2v) is 7.37. The SMILES string of the molecule is C=CCn1c(SCc2ccc(Cl)cc2)nnc1-c1ccc(C)c(Cl)c1. The number of rotatable bonds is 6. The molecule has 0 bridgehead atoms. The van der Waals surface area contributed by atoms with E-state index in [1.54, 1.807) is 11.8 Å². The zero-order valence-electron chi connectivity index (χ0n) is 13.7. The molecule has 1 aromatic heterocycles. The fourth-order valence-corrected chi connectivity index (χ4v) is 3.57. The molecule has 0 atom stereocenters. The quantitative estimate of drug-likeness (QED) is 0.380.